The third-order valence-electron chi connectivity index (χ3n) is 2.52. The van der Waals surface area contributed by atoms with Crippen LogP contribution in [0.3, 0.4) is 0 Å². The van der Waals surface area contributed by atoms with Gasteiger partial charge in [0.25, 0.3) is 0 Å². The molecule has 98 valence electrons. The van der Waals surface area contributed by atoms with E-state index in [1.165, 1.54) is 6.07 Å². The Hall–Kier alpha value is -1.52. The van der Waals surface area contributed by atoms with Gasteiger partial charge in [0.15, 0.2) is 0 Å². The monoisotopic (exact) mass is 340 g/mol. The number of rotatable bonds is 4. The summed E-state index contributed by atoms with van der Waals surface area (Å²) in [6.45, 7) is 0.332. The van der Waals surface area contributed by atoms with Crippen LogP contribution in [0.1, 0.15) is 15.9 Å². The van der Waals surface area contributed by atoms with Gasteiger partial charge in [-0.05, 0) is 40.2 Å². The highest BCUT2D eigenvalue weighted by molar-refractivity contribution is 9.10. The van der Waals surface area contributed by atoms with Crippen molar-refractivity contribution >= 4 is 33.5 Å². The molecule has 0 spiro atoms. The maximum Gasteiger partial charge on any atom is 0.336 e. The largest absolute Gasteiger partial charge is 0.489 e. The quantitative estimate of drug-likeness (QED) is 0.897. The molecular formula is C14H10BrClO3. The van der Waals surface area contributed by atoms with Gasteiger partial charge in [-0.2, -0.15) is 0 Å². The number of aromatic carboxylic acids is 1. The van der Waals surface area contributed by atoms with Gasteiger partial charge in [-0.25, -0.2) is 4.79 Å². The fraction of sp³-hybridized carbons (Fsp3) is 0.0714. The molecule has 5 heteroatoms. The molecule has 0 aliphatic heterocycles. The van der Waals surface area contributed by atoms with E-state index in [4.69, 9.17) is 21.4 Å². The van der Waals surface area contributed by atoms with Gasteiger partial charge in [0, 0.05) is 15.1 Å². The lowest BCUT2D eigenvalue weighted by Crippen LogP contribution is -2.00. The average Bonchev–Trinajstić information content (AvgIpc) is 2.37. The van der Waals surface area contributed by atoms with Crippen LogP contribution in [0.2, 0.25) is 5.02 Å². The number of hydrogen-bond acceptors (Lipinski definition) is 2. The van der Waals surface area contributed by atoms with E-state index >= 15 is 0 Å². The van der Waals surface area contributed by atoms with Crippen LogP contribution in [-0.4, -0.2) is 11.1 Å². The van der Waals surface area contributed by atoms with Crippen molar-refractivity contribution in [2.24, 2.45) is 0 Å². The molecule has 2 rings (SSSR count). The van der Waals surface area contributed by atoms with Crippen LogP contribution in [0.15, 0.2) is 46.9 Å². The standard InChI is InChI=1S/C14H10BrClO3/c15-12-7-10(5-6-11(12)14(17)18)19-8-9-3-1-2-4-13(9)16/h1-7H,8H2,(H,17,18). The molecule has 0 aromatic heterocycles. The number of carbonyl (C=O) groups is 1. The second kappa shape index (κ2) is 6.08. The first-order valence-corrected chi connectivity index (χ1v) is 6.64. The van der Waals surface area contributed by atoms with Crippen LogP contribution in [0.5, 0.6) is 5.75 Å². The Morgan fingerprint density at radius 2 is 2.00 bits per heavy atom. The van der Waals surface area contributed by atoms with Crippen LogP contribution in [-0.2, 0) is 6.61 Å². The van der Waals surface area contributed by atoms with E-state index in [0.717, 1.165) is 5.56 Å². The normalized spacial score (nSPS) is 10.2. The van der Waals surface area contributed by atoms with E-state index < -0.39 is 5.97 Å². The second-order valence-corrected chi connectivity index (χ2v) is 5.09. The molecule has 0 unspecified atom stereocenters. The van der Waals surface area contributed by atoms with Crippen LogP contribution < -0.4 is 4.74 Å². The molecule has 0 radical (unpaired) electrons. The van der Waals surface area contributed by atoms with Crippen molar-refractivity contribution in [1.82, 2.24) is 0 Å². The molecule has 2 aromatic rings. The Bertz CT molecular complexity index is 613. The number of ether oxygens (including phenoxy) is 1. The summed E-state index contributed by atoms with van der Waals surface area (Å²) in [6.07, 6.45) is 0. The molecule has 0 aliphatic carbocycles. The fourth-order valence-electron chi connectivity index (χ4n) is 1.54. The third-order valence-corrected chi connectivity index (χ3v) is 3.55. The summed E-state index contributed by atoms with van der Waals surface area (Å²) in [5, 5.41) is 9.55. The van der Waals surface area contributed by atoms with Gasteiger partial charge in [-0.1, -0.05) is 29.8 Å². The highest BCUT2D eigenvalue weighted by atomic mass is 79.9. The predicted octanol–water partition coefficient (Wildman–Crippen LogP) is 4.38. The van der Waals surface area contributed by atoms with Gasteiger partial charge in [0.1, 0.15) is 12.4 Å². The molecule has 0 atom stereocenters. The molecule has 0 saturated carbocycles. The van der Waals surface area contributed by atoms with Crippen molar-refractivity contribution in [1.29, 1.82) is 0 Å². The van der Waals surface area contributed by atoms with Gasteiger partial charge in [0.05, 0.1) is 5.56 Å². The van der Waals surface area contributed by atoms with E-state index in [1.807, 2.05) is 18.2 Å². The zero-order valence-electron chi connectivity index (χ0n) is 9.77. The smallest absolute Gasteiger partial charge is 0.336 e. The molecule has 3 nitrogen and oxygen atoms in total. The molecular weight excluding hydrogens is 332 g/mol. The Morgan fingerprint density at radius 1 is 1.26 bits per heavy atom. The molecule has 2 aromatic carbocycles. The molecule has 0 bridgehead atoms. The lowest BCUT2D eigenvalue weighted by atomic mass is 10.2. The maximum absolute atomic E-state index is 10.9. The first kappa shape index (κ1) is 13.9. The summed E-state index contributed by atoms with van der Waals surface area (Å²) < 4.78 is 6.06. The predicted molar refractivity (Wildman–Crippen MR) is 76.9 cm³/mol. The van der Waals surface area contributed by atoms with Gasteiger partial charge in [-0.15, -0.1) is 0 Å². The summed E-state index contributed by atoms with van der Waals surface area (Å²) in [5.74, 6) is -0.402. The number of halogens is 2. The van der Waals surface area contributed by atoms with Gasteiger partial charge in [0.2, 0.25) is 0 Å². The SMILES string of the molecule is O=C(O)c1ccc(OCc2ccccc2Cl)cc1Br. The van der Waals surface area contributed by atoms with Gasteiger partial charge >= 0.3 is 5.97 Å². The van der Waals surface area contributed by atoms with Gasteiger partial charge in [-0.3, -0.25) is 0 Å². The second-order valence-electron chi connectivity index (χ2n) is 3.83. The minimum atomic E-state index is -0.982. The summed E-state index contributed by atoms with van der Waals surface area (Å²) >= 11 is 9.22. The molecule has 1 N–H and O–H groups in total. The number of carboxylic acid groups (broad SMARTS) is 1. The van der Waals surface area contributed by atoms with Crippen molar-refractivity contribution < 1.29 is 14.6 Å². The topological polar surface area (TPSA) is 46.5 Å². The third kappa shape index (κ3) is 3.49. The lowest BCUT2D eigenvalue weighted by molar-refractivity contribution is 0.0696. The summed E-state index contributed by atoms with van der Waals surface area (Å²) in [4.78, 5) is 10.9. The molecule has 0 aliphatic rings. The van der Waals surface area contributed by atoms with E-state index in [0.29, 0.717) is 21.9 Å². The van der Waals surface area contributed by atoms with Crippen molar-refractivity contribution in [2.45, 2.75) is 6.61 Å². The van der Waals surface area contributed by atoms with Crippen LogP contribution >= 0.6 is 27.5 Å². The van der Waals surface area contributed by atoms with Crippen LogP contribution in [0, 0.1) is 0 Å². The number of carboxylic acids is 1. The van der Waals surface area contributed by atoms with Crippen molar-refractivity contribution in [3.8, 4) is 5.75 Å². The first-order chi connectivity index (χ1) is 9.08. The fourth-order valence-corrected chi connectivity index (χ4v) is 2.25. The molecule has 0 amide bonds. The lowest BCUT2D eigenvalue weighted by Gasteiger charge is -2.09. The van der Waals surface area contributed by atoms with Gasteiger partial charge < -0.3 is 9.84 Å². The Labute approximate surface area is 123 Å². The minimum Gasteiger partial charge on any atom is -0.489 e. The Kier molecular flexibility index (Phi) is 4.45. The highest BCUT2D eigenvalue weighted by Crippen LogP contribution is 2.24. The first-order valence-electron chi connectivity index (χ1n) is 5.47. The molecule has 0 fully saturated rings. The van der Waals surface area contributed by atoms with Crippen LogP contribution in [0.4, 0.5) is 0 Å². The molecule has 0 heterocycles. The Balaban J connectivity index is 2.11. The van der Waals surface area contributed by atoms with Crippen LogP contribution in [0.25, 0.3) is 0 Å². The molecule has 19 heavy (non-hydrogen) atoms. The number of benzene rings is 2. The zero-order chi connectivity index (χ0) is 13.8. The molecule has 0 saturated heterocycles. The van der Waals surface area contributed by atoms with Crippen molar-refractivity contribution in [3.05, 3.63) is 63.1 Å². The van der Waals surface area contributed by atoms with E-state index in [-0.39, 0.29) is 5.56 Å². The van der Waals surface area contributed by atoms with E-state index in [9.17, 15) is 4.79 Å². The summed E-state index contributed by atoms with van der Waals surface area (Å²) in [7, 11) is 0. The summed E-state index contributed by atoms with van der Waals surface area (Å²) in [6, 6.07) is 12.1. The average molecular weight is 342 g/mol. The Morgan fingerprint density at radius 3 is 2.63 bits per heavy atom. The highest BCUT2D eigenvalue weighted by Gasteiger charge is 2.09. The minimum absolute atomic E-state index is 0.199. The van der Waals surface area contributed by atoms with E-state index in [1.54, 1.807) is 18.2 Å². The van der Waals surface area contributed by atoms with Crippen molar-refractivity contribution in [2.75, 3.05) is 0 Å². The maximum atomic E-state index is 10.9. The number of hydrogen-bond donors (Lipinski definition) is 1. The van der Waals surface area contributed by atoms with Crippen molar-refractivity contribution in [3.63, 3.8) is 0 Å². The summed E-state index contributed by atoms with van der Waals surface area (Å²) in [5.41, 5.74) is 1.08. The zero-order valence-corrected chi connectivity index (χ0v) is 12.1. The van der Waals surface area contributed by atoms with E-state index in [2.05, 4.69) is 15.9 Å².